The quantitative estimate of drug-likeness (QED) is 0.824. The fourth-order valence-electron chi connectivity index (χ4n) is 3.78. The molecule has 0 radical (unpaired) electrons. The van der Waals surface area contributed by atoms with Crippen LogP contribution in [0.4, 0.5) is 0 Å². The Morgan fingerprint density at radius 2 is 1.85 bits per heavy atom. The Morgan fingerprint density at radius 1 is 1.11 bits per heavy atom. The second-order valence-electron chi connectivity index (χ2n) is 7.39. The summed E-state index contributed by atoms with van der Waals surface area (Å²) in [5, 5.41) is 0. The Balaban J connectivity index is 1.80. The van der Waals surface area contributed by atoms with Crippen molar-refractivity contribution in [1.29, 1.82) is 0 Å². The molecule has 0 aromatic heterocycles. The molecule has 0 saturated carbocycles. The third-order valence-electron chi connectivity index (χ3n) is 5.35. The summed E-state index contributed by atoms with van der Waals surface area (Å²) in [5.41, 5.74) is 4.00. The van der Waals surface area contributed by atoms with Gasteiger partial charge >= 0.3 is 0 Å². The van der Waals surface area contributed by atoms with E-state index in [1.807, 2.05) is 72.2 Å². The van der Waals surface area contributed by atoms with Gasteiger partial charge in [-0.2, -0.15) is 0 Å². The molecule has 1 aliphatic heterocycles. The van der Waals surface area contributed by atoms with Gasteiger partial charge in [0.1, 0.15) is 0 Å². The van der Waals surface area contributed by atoms with E-state index in [0.29, 0.717) is 26.1 Å². The zero-order valence-corrected chi connectivity index (χ0v) is 16.4. The van der Waals surface area contributed by atoms with Gasteiger partial charge in [0.25, 0.3) is 5.91 Å². The van der Waals surface area contributed by atoms with Crippen molar-refractivity contribution in [2.45, 2.75) is 46.2 Å². The zero-order valence-electron chi connectivity index (χ0n) is 16.4. The highest BCUT2D eigenvalue weighted by Crippen LogP contribution is 2.20. The van der Waals surface area contributed by atoms with E-state index in [4.69, 9.17) is 0 Å². The minimum Gasteiger partial charge on any atom is -0.336 e. The highest BCUT2D eigenvalue weighted by atomic mass is 16.2. The first-order valence-electron chi connectivity index (χ1n) is 9.69. The molecule has 0 unspecified atom stereocenters. The van der Waals surface area contributed by atoms with Gasteiger partial charge in [-0.3, -0.25) is 9.59 Å². The third kappa shape index (κ3) is 4.38. The van der Waals surface area contributed by atoms with Crippen LogP contribution in [-0.4, -0.2) is 40.7 Å². The van der Waals surface area contributed by atoms with Crippen molar-refractivity contribution in [3.8, 4) is 0 Å². The molecule has 0 bridgehead atoms. The van der Waals surface area contributed by atoms with Crippen LogP contribution in [-0.2, 0) is 11.3 Å². The number of benzene rings is 2. The van der Waals surface area contributed by atoms with Crippen LogP contribution < -0.4 is 0 Å². The average molecular weight is 364 g/mol. The molecule has 2 aromatic rings. The van der Waals surface area contributed by atoms with Crippen LogP contribution in [0.1, 0.15) is 46.8 Å². The molecule has 1 atom stereocenters. The van der Waals surface area contributed by atoms with Gasteiger partial charge in [-0.1, -0.05) is 55.0 Å². The Kier molecular flexibility index (Phi) is 5.94. The summed E-state index contributed by atoms with van der Waals surface area (Å²) in [5.74, 6) is 0.155. The molecule has 27 heavy (non-hydrogen) atoms. The Hall–Kier alpha value is -2.62. The number of nitrogens with zero attached hydrogens (tertiary/aromatic N) is 2. The summed E-state index contributed by atoms with van der Waals surface area (Å²) in [4.78, 5) is 29.7. The van der Waals surface area contributed by atoms with E-state index in [2.05, 4.69) is 6.92 Å². The molecule has 1 saturated heterocycles. The average Bonchev–Trinajstić information content (AvgIpc) is 2.82. The molecule has 0 N–H and O–H groups in total. The lowest BCUT2D eigenvalue weighted by molar-refractivity contribution is -0.133. The van der Waals surface area contributed by atoms with Crippen LogP contribution >= 0.6 is 0 Å². The van der Waals surface area contributed by atoms with E-state index < -0.39 is 0 Å². The summed E-state index contributed by atoms with van der Waals surface area (Å²) in [6.45, 7) is 7.75. The van der Waals surface area contributed by atoms with Crippen molar-refractivity contribution in [1.82, 2.24) is 9.80 Å². The van der Waals surface area contributed by atoms with Gasteiger partial charge in [0.2, 0.25) is 5.91 Å². The topological polar surface area (TPSA) is 40.6 Å². The molecular weight excluding hydrogens is 336 g/mol. The van der Waals surface area contributed by atoms with E-state index in [1.54, 1.807) is 0 Å². The number of aryl methyl sites for hydroxylation is 2. The molecule has 0 aliphatic carbocycles. The number of amides is 2. The van der Waals surface area contributed by atoms with E-state index in [-0.39, 0.29) is 17.9 Å². The van der Waals surface area contributed by atoms with Crippen molar-refractivity contribution >= 4 is 11.8 Å². The summed E-state index contributed by atoms with van der Waals surface area (Å²) in [6, 6.07) is 16.0. The lowest BCUT2D eigenvalue weighted by Gasteiger charge is -2.31. The van der Waals surface area contributed by atoms with Crippen molar-refractivity contribution < 1.29 is 9.59 Å². The van der Waals surface area contributed by atoms with Gasteiger partial charge in [0.05, 0.1) is 0 Å². The Morgan fingerprint density at radius 3 is 2.52 bits per heavy atom. The van der Waals surface area contributed by atoms with Crippen molar-refractivity contribution in [3.63, 3.8) is 0 Å². The molecule has 2 aromatic carbocycles. The van der Waals surface area contributed by atoms with Crippen LogP contribution in [0.15, 0.2) is 48.5 Å². The molecule has 2 amide bonds. The maximum atomic E-state index is 13.1. The monoisotopic (exact) mass is 364 g/mol. The standard InChI is InChI=1S/C23H28N2O2/c1-4-20-16-24(23(27)21-11-10-17(2)14-18(21)3)13-12-22(26)25(20)15-19-8-6-5-7-9-19/h5-11,14,20H,4,12-13,15-16H2,1-3H3/t20-/m1/s1. The van der Waals surface area contributed by atoms with E-state index >= 15 is 0 Å². The molecule has 4 nitrogen and oxygen atoms in total. The first-order valence-corrected chi connectivity index (χ1v) is 9.69. The highest BCUT2D eigenvalue weighted by Gasteiger charge is 2.31. The maximum absolute atomic E-state index is 13.1. The van der Waals surface area contributed by atoms with Crippen molar-refractivity contribution in [2.75, 3.05) is 13.1 Å². The van der Waals surface area contributed by atoms with Crippen LogP contribution in [0.3, 0.4) is 0 Å². The second-order valence-corrected chi connectivity index (χ2v) is 7.39. The minimum atomic E-state index is 0.0281. The van der Waals surface area contributed by atoms with E-state index in [1.165, 1.54) is 0 Å². The Bertz CT molecular complexity index is 816. The van der Waals surface area contributed by atoms with E-state index in [9.17, 15) is 9.59 Å². The van der Waals surface area contributed by atoms with Gasteiger partial charge in [0, 0.05) is 37.7 Å². The minimum absolute atomic E-state index is 0.0281. The summed E-state index contributed by atoms with van der Waals surface area (Å²) in [6.07, 6.45) is 1.20. The van der Waals surface area contributed by atoms with Crippen LogP contribution in [0.5, 0.6) is 0 Å². The van der Waals surface area contributed by atoms with Crippen molar-refractivity contribution in [2.24, 2.45) is 0 Å². The largest absolute Gasteiger partial charge is 0.336 e. The molecule has 1 fully saturated rings. The number of hydrogen-bond acceptors (Lipinski definition) is 2. The van der Waals surface area contributed by atoms with Gasteiger partial charge in [-0.25, -0.2) is 0 Å². The van der Waals surface area contributed by atoms with Gasteiger partial charge < -0.3 is 9.80 Å². The SMILES string of the molecule is CC[C@@H]1CN(C(=O)c2ccc(C)cc2C)CCC(=O)N1Cc1ccccc1. The fourth-order valence-corrected chi connectivity index (χ4v) is 3.78. The molecule has 4 heteroatoms. The highest BCUT2D eigenvalue weighted by molar-refractivity contribution is 5.96. The number of hydrogen-bond donors (Lipinski definition) is 0. The fraction of sp³-hybridized carbons (Fsp3) is 0.391. The van der Waals surface area contributed by atoms with Crippen LogP contribution in [0, 0.1) is 13.8 Å². The predicted octanol–water partition coefficient (Wildman–Crippen LogP) is 3.96. The predicted molar refractivity (Wildman–Crippen MR) is 108 cm³/mol. The zero-order chi connectivity index (χ0) is 19.4. The van der Waals surface area contributed by atoms with Crippen LogP contribution in [0.2, 0.25) is 0 Å². The second kappa shape index (κ2) is 8.38. The smallest absolute Gasteiger partial charge is 0.254 e. The molecule has 0 spiro atoms. The maximum Gasteiger partial charge on any atom is 0.254 e. The van der Waals surface area contributed by atoms with E-state index in [0.717, 1.165) is 28.7 Å². The number of carbonyl (C=O) groups excluding carboxylic acids is 2. The summed E-state index contributed by atoms with van der Waals surface area (Å²) < 4.78 is 0. The normalized spacial score (nSPS) is 17.7. The molecule has 142 valence electrons. The number of rotatable bonds is 4. The first-order chi connectivity index (χ1) is 13.0. The third-order valence-corrected chi connectivity index (χ3v) is 5.35. The van der Waals surface area contributed by atoms with Gasteiger partial charge in [-0.05, 0) is 37.5 Å². The van der Waals surface area contributed by atoms with Crippen LogP contribution in [0.25, 0.3) is 0 Å². The lowest BCUT2D eigenvalue weighted by atomic mass is 10.0. The first kappa shape index (κ1) is 19.2. The summed E-state index contributed by atoms with van der Waals surface area (Å²) in [7, 11) is 0. The number of carbonyl (C=O) groups is 2. The molecule has 1 heterocycles. The van der Waals surface area contributed by atoms with Crippen molar-refractivity contribution in [3.05, 3.63) is 70.8 Å². The lowest BCUT2D eigenvalue weighted by Crippen LogP contribution is -2.43. The molecule has 3 rings (SSSR count). The molecular formula is C23H28N2O2. The summed E-state index contributed by atoms with van der Waals surface area (Å²) >= 11 is 0. The Labute approximate surface area is 161 Å². The molecule has 1 aliphatic rings. The van der Waals surface area contributed by atoms with Gasteiger partial charge in [0.15, 0.2) is 0 Å². The van der Waals surface area contributed by atoms with Gasteiger partial charge in [-0.15, -0.1) is 0 Å².